The molecule has 0 radical (unpaired) electrons. The maximum absolute atomic E-state index is 14.2. The van der Waals surface area contributed by atoms with Gasteiger partial charge in [-0.1, -0.05) is 0 Å². The standard InChI is InChI=1S/C16H18F4N4O3/c1-8-7-9(16(18,19)20)11(17)13(25-2)12(8)24-23-10-5-6-21-14(22-10)15(26-3)27-4/h5-7,15,24H,1-4H3,(H,21,22,23). The van der Waals surface area contributed by atoms with Crippen LogP contribution in [0, 0.1) is 12.7 Å². The first kappa shape index (κ1) is 20.6. The van der Waals surface area contributed by atoms with Gasteiger partial charge in [-0.3, -0.25) is 10.9 Å². The third-order valence-corrected chi connectivity index (χ3v) is 3.56. The maximum atomic E-state index is 14.2. The average molecular weight is 390 g/mol. The molecule has 1 aromatic heterocycles. The largest absolute Gasteiger partial charge is 0.492 e. The Morgan fingerprint density at radius 1 is 1.11 bits per heavy atom. The molecule has 0 bridgehead atoms. The molecule has 0 unspecified atom stereocenters. The first-order valence-electron chi connectivity index (χ1n) is 7.57. The Balaban J connectivity index is 2.31. The molecule has 0 aliphatic heterocycles. The summed E-state index contributed by atoms with van der Waals surface area (Å²) in [4.78, 5) is 8.15. The molecule has 0 fully saturated rings. The van der Waals surface area contributed by atoms with Crippen LogP contribution in [-0.2, 0) is 15.7 Å². The SMILES string of the molecule is COc1c(F)c(C(F)(F)F)cc(C)c1NNc1ccnc(C(OC)OC)n1. The van der Waals surface area contributed by atoms with Crippen molar-refractivity contribution < 1.29 is 31.8 Å². The van der Waals surface area contributed by atoms with Gasteiger partial charge in [-0.25, -0.2) is 14.4 Å². The molecule has 0 aliphatic rings. The van der Waals surface area contributed by atoms with Crippen LogP contribution < -0.4 is 15.6 Å². The molecule has 148 valence electrons. The van der Waals surface area contributed by atoms with E-state index in [9.17, 15) is 17.6 Å². The van der Waals surface area contributed by atoms with Gasteiger partial charge in [0, 0.05) is 26.5 Å². The van der Waals surface area contributed by atoms with Crippen LogP contribution in [0.1, 0.15) is 23.2 Å². The lowest BCUT2D eigenvalue weighted by Gasteiger charge is -2.19. The second kappa shape index (κ2) is 8.35. The zero-order valence-corrected chi connectivity index (χ0v) is 14.9. The number of rotatable bonds is 7. The Kier molecular flexibility index (Phi) is 6.39. The van der Waals surface area contributed by atoms with E-state index < -0.39 is 29.6 Å². The van der Waals surface area contributed by atoms with Crippen molar-refractivity contribution >= 4 is 11.5 Å². The molecule has 0 saturated heterocycles. The van der Waals surface area contributed by atoms with E-state index in [0.717, 1.165) is 7.11 Å². The second-order valence-electron chi connectivity index (χ2n) is 5.31. The Hall–Kier alpha value is -2.66. The highest BCUT2D eigenvalue weighted by molar-refractivity contribution is 5.66. The highest BCUT2D eigenvalue weighted by atomic mass is 19.4. The number of methoxy groups -OCH3 is 3. The lowest BCUT2D eigenvalue weighted by atomic mass is 10.1. The Morgan fingerprint density at radius 2 is 1.78 bits per heavy atom. The van der Waals surface area contributed by atoms with Crippen molar-refractivity contribution in [3.63, 3.8) is 0 Å². The van der Waals surface area contributed by atoms with Crippen LogP contribution in [0.2, 0.25) is 0 Å². The van der Waals surface area contributed by atoms with Crippen LogP contribution >= 0.6 is 0 Å². The maximum Gasteiger partial charge on any atom is 0.419 e. The summed E-state index contributed by atoms with van der Waals surface area (Å²) in [6.45, 7) is 1.39. The van der Waals surface area contributed by atoms with E-state index >= 15 is 0 Å². The molecule has 11 heteroatoms. The van der Waals surface area contributed by atoms with E-state index in [1.807, 2.05) is 0 Å². The number of aromatic nitrogens is 2. The van der Waals surface area contributed by atoms with Crippen molar-refractivity contribution in [1.29, 1.82) is 0 Å². The molecule has 27 heavy (non-hydrogen) atoms. The number of hydrazine groups is 1. The molecule has 0 spiro atoms. The Labute approximate surface area is 152 Å². The Morgan fingerprint density at radius 3 is 2.33 bits per heavy atom. The molecule has 2 N–H and O–H groups in total. The summed E-state index contributed by atoms with van der Waals surface area (Å²) in [6.07, 6.45) is -4.22. The summed E-state index contributed by atoms with van der Waals surface area (Å²) in [5, 5.41) is 0. The lowest BCUT2D eigenvalue weighted by molar-refractivity contribution is -0.140. The van der Waals surface area contributed by atoms with Gasteiger partial charge in [-0.15, -0.1) is 0 Å². The average Bonchev–Trinajstić information content (AvgIpc) is 2.62. The number of ether oxygens (including phenoxy) is 3. The van der Waals surface area contributed by atoms with Crippen LogP contribution in [0.5, 0.6) is 5.75 Å². The molecule has 1 aromatic carbocycles. The first-order chi connectivity index (χ1) is 12.7. The molecule has 0 saturated carbocycles. The molecule has 0 atom stereocenters. The normalized spacial score (nSPS) is 11.6. The van der Waals surface area contributed by atoms with Gasteiger partial charge in [0.2, 0.25) is 6.29 Å². The molecule has 0 aliphatic carbocycles. The number of hydrogen-bond acceptors (Lipinski definition) is 7. The summed E-state index contributed by atoms with van der Waals surface area (Å²) in [5.41, 5.74) is 3.99. The van der Waals surface area contributed by atoms with Gasteiger partial charge in [0.25, 0.3) is 0 Å². The number of anilines is 2. The fourth-order valence-corrected chi connectivity index (χ4v) is 2.31. The summed E-state index contributed by atoms with van der Waals surface area (Å²) < 4.78 is 68.0. The molecule has 0 amide bonds. The van der Waals surface area contributed by atoms with Crippen LogP contribution in [0.25, 0.3) is 0 Å². The Bertz CT molecular complexity index is 798. The number of alkyl halides is 3. The van der Waals surface area contributed by atoms with Crippen molar-refractivity contribution in [2.45, 2.75) is 19.4 Å². The van der Waals surface area contributed by atoms with E-state index in [1.165, 1.54) is 33.4 Å². The number of aryl methyl sites for hydroxylation is 1. The van der Waals surface area contributed by atoms with Crippen LogP contribution in [-0.4, -0.2) is 31.3 Å². The van der Waals surface area contributed by atoms with Crippen molar-refractivity contribution in [2.75, 3.05) is 32.2 Å². The van der Waals surface area contributed by atoms with Crippen LogP contribution in [0.15, 0.2) is 18.3 Å². The topological polar surface area (TPSA) is 77.5 Å². The first-order valence-corrected chi connectivity index (χ1v) is 7.57. The lowest BCUT2D eigenvalue weighted by Crippen LogP contribution is -2.17. The molecule has 2 rings (SSSR count). The zero-order valence-electron chi connectivity index (χ0n) is 14.9. The molecule has 2 aromatic rings. The smallest absolute Gasteiger partial charge is 0.419 e. The zero-order chi connectivity index (χ0) is 20.2. The van der Waals surface area contributed by atoms with Crippen LogP contribution in [0.3, 0.4) is 0 Å². The van der Waals surface area contributed by atoms with Gasteiger partial charge in [-0.05, 0) is 18.6 Å². The number of halogens is 4. The van der Waals surface area contributed by atoms with Crippen molar-refractivity contribution in [2.24, 2.45) is 0 Å². The van der Waals surface area contributed by atoms with Gasteiger partial charge in [0.1, 0.15) is 11.5 Å². The fraction of sp³-hybridized carbons (Fsp3) is 0.375. The summed E-state index contributed by atoms with van der Waals surface area (Å²) in [5.74, 6) is -1.62. The van der Waals surface area contributed by atoms with Crippen molar-refractivity contribution in [3.8, 4) is 5.75 Å². The minimum atomic E-state index is -4.84. The van der Waals surface area contributed by atoms with Gasteiger partial charge in [0.15, 0.2) is 17.4 Å². The predicted molar refractivity (Wildman–Crippen MR) is 88.7 cm³/mol. The van der Waals surface area contributed by atoms with Gasteiger partial charge >= 0.3 is 6.18 Å². The number of nitrogens with zero attached hydrogens (tertiary/aromatic N) is 2. The van der Waals surface area contributed by atoms with E-state index in [-0.39, 0.29) is 22.9 Å². The predicted octanol–water partition coefficient (Wildman–Crippen LogP) is 3.68. The number of nitrogens with one attached hydrogen (secondary N) is 2. The van der Waals surface area contributed by atoms with Crippen molar-refractivity contribution in [1.82, 2.24) is 9.97 Å². The van der Waals surface area contributed by atoms with Gasteiger partial charge in [-0.2, -0.15) is 13.2 Å². The molecular formula is C16H18F4N4O3. The van der Waals surface area contributed by atoms with Crippen LogP contribution in [0.4, 0.5) is 29.1 Å². The summed E-state index contributed by atoms with van der Waals surface area (Å²) >= 11 is 0. The highest BCUT2D eigenvalue weighted by Gasteiger charge is 2.37. The summed E-state index contributed by atoms with van der Waals surface area (Å²) in [6, 6.07) is 2.18. The minimum Gasteiger partial charge on any atom is -0.492 e. The highest BCUT2D eigenvalue weighted by Crippen LogP contribution is 2.40. The summed E-state index contributed by atoms with van der Waals surface area (Å²) in [7, 11) is 3.90. The number of benzene rings is 1. The monoisotopic (exact) mass is 390 g/mol. The van der Waals surface area contributed by atoms with Gasteiger partial charge < -0.3 is 14.2 Å². The molecule has 7 nitrogen and oxygen atoms in total. The van der Waals surface area contributed by atoms with E-state index in [0.29, 0.717) is 6.07 Å². The van der Waals surface area contributed by atoms with Gasteiger partial charge in [0.05, 0.1) is 12.7 Å². The third kappa shape index (κ3) is 4.55. The minimum absolute atomic E-state index is 0.00167. The third-order valence-electron chi connectivity index (χ3n) is 3.56. The molecular weight excluding hydrogens is 372 g/mol. The van der Waals surface area contributed by atoms with E-state index in [2.05, 4.69) is 20.8 Å². The van der Waals surface area contributed by atoms with E-state index in [4.69, 9.17) is 14.2 Å². The second-order valence-corrected chi connectivity index (χ2v) is 5.31. The fourth-order valence-electron chi connectivity index (χ4n) is 2.31. The van der Waals surface area contributed by atoms with E-state index in [1.54, 1.807) is 0 Å². The molecule has 1 heterocycles. The van der Waals surface area contributed by atoms with Crippen molar-refractivity contribution in [3.05, 3.63) is 41.1 Å². The quantitative estimate of drug-likeness (QED) is 0.424. The number of hydrogen-bond donors (Lipinski definition) is 2.